The van der Waals surface area contributed by atoms with Gasteiger partial charge in [0.25, 0.3) is 5.91 Å². The van der Waals surface area contributed by atoms with Gasteiger partial charge in [-0.15, -0.1) is 11.8 Å². The Morgan fingerprint density at radius 1 is 1.04 bits per heavy atom. The summed E-state index contributed by atoms with van der Waals surface area (Å²) in [5.74, 6) is 1.16. The Kier molecular flexibility index (Phi) is 3.69. The molecule has 0 spiro atoms. The van der Waals surface area contributed by atoms with Crippen molar-refractivity contribution in [3.63, 3.8) is 0 Å². The zero-order valence-electron chi connectivity index (χ0n) is 13.1. The second-order valence-electron chi connectivity index (χ2n) is 5.67. The zero-order valence-corrected chi connectivity index (χ0v) is 13.9. The highest BCUT2D eigenvalue weighted by atomic mass is 32.2. The Morgan fingerprint density at radius 2 is 1.75 bits per heavy atom. The minimum Gasteiger partial charge on any atom is -0.497 e. The second-order valence-corrected chi connectivity index (χ2v) is 6.79. The highest BCUT2D eigenvalue weighted by Gasteiger charge is 2.53. The average Bonchev–Trinajstić information content (AvgIpc) is 3.17. The lowest BCUT2D eigenvalue weighted by atomic mass is 10.2. The van der Waals surface area contributed by atoms with E-state index in [2.05, 4.69) is 0 Å². The molecule has 122 valence electrons. The summed E-state index contributed by atoms with van der Waals surface area (Å²) in [5.41, 5.74) is 1.62. The Bertz CT molecular complexity index is 779. The molecule has 0 aliphatic carbocycles. The number of amides is 3. The number of carbonyl (C=O) groups is 2. The first-order chi connectivity index (χ1) is 11.7. The van der Waals surface area contributed by atoms with Crippen LogP contribution in [0.3, 0.4) is 0 Å². The fraction of sp³-hybridized carbons (Fsp3) is 0.222. The van der Waals surface area contributed by atoms with Gasteiger partial charge in [-0.3, -0.25) is 9.69 Å². The number of rotatable bonds is 3. The van der Waals surface area contributed by atoms with Crippen LogP contribution in [0.1, 0.15) is 10.9 Å². The van der Waals surface area contributed by atoms with Crippen LogP contribution in [-0.2, 0) is 4.79 Å². The van der Waals surface area contributed by atoms with Gasteiger partial charge in [-0.2, -0.15) is 0 Å². The summed E-state index contributed by atoms with van der Waals surface area (Å²) in [6, 6.07) is 16.2. The van der Waals surface area contributed by atoms with Crippen LogP contribution >= 0.6 is 11.8 Å². The summed E-state index contributed by atoms with van der Waals surface area (Å²) in [7, 11) is 1.58. The number of nitrogens with zero attached hydrogens (tertiary/aromatic N) is 2. The molecular formula is C18H16N2O3S. The summed E-state index contributed by atoms with van der Waals surface area (Å²) in [4.78, 5) is 28.6. The maximum Gasteiger partial charge on any atom is 0.333 e. The predicted octanol–water partition coefficient (Wildman–Crippen LogP) is 3.28. The van der Waals surface area contributed by atoms with Crippen molar-refractivity contribution in [2.45, 2.75) is 11.4 Å². The van der Waals surface area contributed by atoms with E-state index >= 15 is 0 Å². The van der Waals surface area contributed by atoms with Crippen molar-refractivity contribution in [3.8, 4) is 5.75 Å². The Labute approximate surface area is 144 Å². The number of fused-ring (bicyclic) bond motifs is 1. The van der Waals surface area contributed by atoms with Gasteiger partial charge in [0.15, 0.2) is 0 Å². The molecule has 2 aliphatic rings. The lowest BCUT2D eigenvalue weighted by Gasteiger charge is -2.23. The van der Waals surface area contributed by atoms with Gasteiger partial charge in [-0.1, -0.05) is 30.3 Å². The lowest BCUT2D eigenvalue weighted by Crippen LogP contribution is -2.33. The number of hydrogen-bond donors (Lipinski definition) is 0. The van der Waals surface area contributed by atoms with Crippen LogP contribution < -0.4 is 9.64 Å². The summed E-state index contributed by atoms with van der Waals surface area (Å²) < 4.78 is 5.13. The van der Waals surface area contributed by atoms with E-state index in [4.69, 9.17) is 4.74 Å². The molecule has 5 nitrogen and oxygen atoms in total. The smallest absolute Gasteiger partial charge is 0.333 e. The van der Waals surface area contributed by atoms with Crippen molar-refractivity contribution in [2.75, 3.05) is 17.8 Å². The van der Waals surface area contributed by atoms with Crippen molar-refractivity contribution in [2.24, 2.45) is 0 Å². The normalized spacial score (nSPS) is 22.9. The quantitative estimate of drug-likeness (QED) is 0.805. The van der Waals surface area contributed by atoms with Gasteiger partial charge in [0.1, 0.15) is 17.2 Å². The van der Waals surface area contributed by atoms with Crippen molar-refractivity contribution in [1.29, 1.82) is 0 Å². The summed E-state index contributed by atoms with van der Waals surface area (Å²) in [6.07, 6.45) is 0. The van der Waals surface area contributed by atoms with Crippen LogP contribution in [0.25, 0.3) is 0 Å². The first-order valence-corrected chi connectivity index (χ1v) is 8.72. The van der Waals surface area contributed by atoms with Crippen LogP contribution in [0.5, 0.6) is 5.75 Å². The van der Waals surface area contributed by atoms with Crippen LogP contribution in [0.15, 0.2) is 54.6 Å². The molecular weight excluding hydrogens is 324 g/mol. The van der Waals surface area contributed by atoms with Crippen molar-refractivity contribution < 1.29 is 14.3 Å². The van der Waals surface area contributed by atoms with E-state index in [-0.39, 0.29) is 17.3 Å². The highest BCUT2D eigenvalue weighted by molar-refractivity contribution is 7.99. The molecule has 3 amide bonds. The van der Waals surface area contributed by atoms with E-state index in [0.717, 1.165) is 5.56 Å². The molecule has 0 saturated carbocycles. The second kappa shape index (κ2) is 5.87. The molecule has 2 atom stereocenters. The SMILES string of the molecule is COc1ccc(N2C(=O)[C@@H]3CS[C@H](c4ccccc4)N3C2=O)cc1. The van der Waals surface area contributed by atoms with E-state index in [0.29, 0.717) is 17.2 Å². The maximum atomic E-state index is 12.9. The van der Waals surface area contributed by atoms with E-state index in [1.54, 1.807) is 48.0 Å². The van der Waals surface area contributed by atoms with Crippen LogP contribution in [0.4, 0.5) is 10.5 Å². The minimum atomic E-state index is -0.394. The molecule has 2 fully saturated rings. The van der Waals surface area contributed by atoms with Gasteiger partial charge < -0.3 is 4.74 Å². The summed E-state index contributed by atoms with van der Waals surface area (Å²) in [5, 5.41) is -0.115. The fourth-order valence-electron chi connectivity index (χ4n) is 3.13. The molecule has 0 unspecified atom stereocenters. The Balaban J connectivity index is 1.66. The van der Waals surface area contributed by atoms with Crippen LogP contribution in [0.2, 0.25) is 0 Å². The first-order valence-electron chi connectivity index (χ1n) is 7.67. The molecule has 0 bridgehead atoms. The van der Waals surface area contributed by atoms with Gasteiger partial charge in [0, 0.05) is 5.75 Å². The average molecular weight is 340 g/mol. The van der Waals surface area contributed by atoms with Gasteiger partial charge in [-0.05, 0) is 29.8 Å². The molecule has 0 N–H and O–H groups in total. The fourth-order valence-corrected chi connectivity index (χ4v) is 4.55. The van der Waals surface area contributed by atoms with Crippen molar-refractivity contribution >= 4 is 29.4 Å². The number of methoxy groups -OCH3 is 1. The number of anilines is 1. The van der Waals surface area contributed by atoms with Crippen molar-refractivity contribution in [1.82, 2.24) is 4.90 Å². The zero-order chi connectivity index (χ0) is 16.7. The molecule has 2 aliphatic heterocycles. The third kappa shape index (κ3) is 2.26. The molecule has 2 aromatic rings. The number of imide groups is 1. The molecule has 2 saturated heterocycles. The number of thioether (sulfide) groups is 1. The molecule has 4 rings (SSSR count). The van der Waals surface area contributed by atoms with Gasteiger partial charge in [0.05, 0.1) is 12.8 Å². The summed E-state index contributed by atoms with van der Waals surface area (Å²) in [6.45, 7) is 0. The molecule has 0 aromatic heterocycles. The standard InChI is InChI=1S/C18H16N2O3S/c1-23-14-9-7-13(8-10-14)19-16(21)15-11-24-17(20(15)18(19)22)12-5-3-2-4-6-12/h2-10,15,17H,11H2,1H3/t15-,17+/m0/s1. The van der Waals surface area contributed by atoms with Gasteiger partial charge in [0.2, 0.25) is 0 Å². The third-order valence-electron chi connectivity index (χ3n) is 4.33. The largest absolute Gasteiger partial charge is 0.497 e. The topological polar surface area (TPSA) is 49.9 Å². The molecule has 0 radical (unpaired) electrons. The van der Waals surface area contributed by atoms with Crippen LogP contribution in [0, 0.1) is 0 Å². The minimum absolute atomic E-state index is 0.115. The lowest BCUT2D eigenvalue weighted by molar-refractivity contribution is -0.119. The number of carbonyl (C=O) groups excluding carboxylic acids is 2. The molecule has 6 heteroatoms. The number of urea groups is 1. The first kappa shape index (κ1) is 15.1. The van der Waals surface area contributed by atoms with E-state index < -0.39 is 6.04 Å². The van der Waals surface area contributed by atoms with E-state index in [1.807, 2.05) is 30.3 Å². The number of benzene rings is 2. The van der Waals surface area contributed by atoms with Crippen LogP contribution in [-0.4, -0.2) is 35.7 Å². The van der Waals surface area contributed by atoms with Crippen molar-refractivity contribution in [3.05, 3.63) is 60.2 Å². The van der Waals surface area contributed by atoms with E-state index in [9.17, 15) is 9.59 Å². The highest BCUT2D eigenvalue weighted by Crippen LogP contribution is 2.45. The third-order valence-corrected chi connectivity index (χ3v) is 5.66. The monoisotopic (exact) mass is 340 g/mol. The molecule has 2 aromatic carbocycles. The Morgan fingerprint density at radius 3 is 2.42 bits per heavy atom. The predicted molar refractivity (Wildman–Crippen MR) is 93.1 cm³/mol. The maximum absolute atomic E-state index is 12.9. The van der Waals surface area contributed by atoms with Gasteiger partial charge >= 0.3 is 6.03 Å². The molecule has 2 heterocycles. The number of hydrogen-bond acceptors (Lipinski definition) is 4. The van der Waals surface area contributed by atoms with E-state index in [1.165, 1.54) is 4.90 Å². The molecule has 24 heavy (non-hydrogen) atoms. The summed E-state index contributed by atoms with van der Waals surface area (Å²) >= 11 is 1.64. The van der Waals surface area contributed by atoms with Gasteiger partial charge in [-0.25, -0.2) is 9.69 Å². The Hall–Kier alpha value is -2.47. The number of ether oxygens (including phenoxy) is 1.